The monoisotopic (exact) mass is 432 g/mol. The van der Waals surface area contributed by atoms with Crippen LogP contribution in [0.3, 0.4) is 0 Å². The van der Waals surface area contributed by atoms with Crippen LogP contribution in [0.2, 0.25) is 0 Å². The maximum absolute atomic E-state index is 12.9. The van der Waals surface area contributed by atoms with Gasteiger partial charge in [-0.15, -0.1) is 0 Å². The van der Waals surface area contributed by atoms with E-state index < -0.39 is 10.0 Å². The molecule has 0 aromatic heterocycles. The summed E-state index contributed by atoms with van der Waals surface area (Å²) in [6.07, 6.45) is 0. The van der Waals surface area contributed by atoms with Crippen molar-refractivity contribution in [3.8, 4) is 11.5 Å². The third-order valence-electron chi connectivity index (χ3n) is 5.29. The van der Waals surface area contributed by atoms with Crippen LogP contribution in [0.15, 0.2) is 41.3 Å². The van der Waals surface area contributed by atoms with E-state index in [0.29, 0.717) is 37.8 Å². The van der Waals surface area contributed by atoms with Crippen LogP contribution in [0.4, 0.5) is 0 Å². The quantitative estimate of drug-likeness (QED) is 0.673. The van der Waals surface area contributed by atoms with Crippen LogP contribution in [0.5, 0.6) is 11.5 Å². The van der Waals surface area contributed by atoms with Crippen molar-refractivity contribution in [2.24, 2.45) is 0 Å². The Morgan fingerprint density at radius 1 is 1.07 bits per heavy atom. The molecule has 3 rings (SSSR count). The first-order valence-corrected chi connectivity index (χ1v) is 11.4. The Bertz CT molecular complexity index is 1040. The van der Waals surface area contributed by atoms with Gasteiger partial charge in [-0.3, -0.25) is 4.79 Å². The molecule has 7 nitrogen and oxygen atoms in total. The summed E-state index contributed by atoms with van der Waals surface area (Å²) in [5, 5.41) is 0. The zero-order valence-electron chi connectivity index (χ0n) is 17.8. The van der Waals surface area contributed by atoms with Crippen molar-refractivity contribution >= 4 is 15.9 Å². The van der Waals surface area contributed by atoms with E-state index in [0.717, 1.165) is 21.0 Å². The molecule has 0 N–H and O–H groups in total. The van der Waals surface area contributed by atoms with Gasteiger partial charge < -0.3 is 14.4 Å². The number of fused-ring (bicyclic) bond motifs is 1. The first kappa shape index (κ1) is 22.1. The Morgan fingerprint density at radius 2 is 1.80 bits per heavy atom. The fourth-order valence-corrected chi connectivity index (χ4v) is 4.48. The highest BCUT2D eigenvalue weighted by atomic mass is 32.2. The Labute approximate surface area is 178 Å². The van der Waals surface area contributed by atoms with Crippen molar-refractivity contribution in [3.05, 3.63) is 53.1 Å². The summed E-state index contributed by atoms with van der Waals surface area (Å²) in [6, 6.07) is 10.6. The van der Waals surface area contributed by atoms with Crippen LogP contribution in [-0.2, 0) is 21.4 Å². The number of hydrogen-bond donors (Lipinski definition) is 0. The average Bonchev–Trinajstić information content (AvgIpc) is 2.73. The fourth-order valence-electron chi connectivity index (χ4n) is 3.27. The minimum Gasteiger partial charge on any atom is -0.486 e. The van der Waals surface area contributed by atoms with Crippen molar-refractivity contribution in [2.45, 2.75) is 32.2 Å². The van der Waals surface area contributed by atoms with E-state index in [1.54, 1.807) is 23.1 Å². The fraction of sp³-hybridized carbons (Fsp3) is 0.409. The van der Waals surface area contributed by atoms with Gasteiger partial charge in [-0.2, -0.15) is 4.31 Å². The largest absolute Gasteiger partial charge is 0.486 e. The summed E-state index contributed by atoms with van der Waals surface area (Å²) in [4.78, 5) is 14.7. The van der Waals surface area contributed by atoms with E-state index in [1.807, 2.05) is 39.0 Å². The highest BCUT2D eigenvalue weighted by Gasteiger charge is 2.26. The molecule has 0 fully saturated rings. The molecular formula is C22H28N2O5S. The standard InChI is InChI=1S/C22H28N2O5S/c1-5-24(14-18-7-6-8-20-22(18)29-12-11-28-20)21(25)15-23(4)30(26,27)19-10-9-16(2)17(3)13-19/h6-10,13H,5,11-12,14-15H2,1-4H3. The lowest BCUT2D eigenvalue weighted by Gasteiger charge is -2.27. The van der Waals surface area contributed by atoms with Gasteiger partial charge in [0.25, 0.3) is 0 Å². The highest BCUT2D eigenvalue weighted by Crippen LogP contribution is 2.34. The Hall–Kier alpha value is -2.58. The molecule has 0 spiro atoms. The van der Waals surface area contributed by atoms with Crippen molar-refractivity contribution in [1.82, 2.24) is 9.21 Å². The van der Waals surface area contributed by atoms with Gasteiger partial charge in [-0.05, 0) is 50.1 Å². The number of hydrogen-bond acceptors (Lipinski definition) is 5. The number of rotatable bonds is 7. The minimum atomic E-state index is -3.76. The highest BCUT2D eigenvalue weighted by molar-refractivity contribution is 7.89. The molecule has 0 aliphatic carbocycles. The number of nitrogens with zero attached hydrogens (tertiary/aromatic N) is 2. The molecule has 0 atom stereocenters. The van der Waals surface area contributed by atoms with Crippen molar-refractivity contribution in [3.63, 3.8) is 0 Å². The Balaban J connectivity index is 1.74. The molecule has 1 amide bonds. The second-order valence-corrected chi connectivity index (χ2v) is 9.40. The number of benzene rings is 2. The SMILES string of the molecule is CCN(Cc1cccc2c1OCCO2)C(=O)CN(C)S(=O)(=O)c1ccc(C)c(C)c1. The molecule has 0 saturated heterocycles. The summed E-state index contributed by atoms with van der Waals surface area (Å²) in [5.74, 6) is 1.03. The summed E-state index contributed by atoms with van der Waals surface area (Å²) < 4.78 is 38.2. The van der Waals surface area contributed by atoms with Crippen LogP contribution in [-0.4, -0.2) is 56.9 Å². The molecule has 162 valence electrons. The molecule has 0 bridgehead atoms. The zero-order valence-corrected chi connectivity index (χ0v) is 18.7. The number of ether oxygens (including phenoxy) is 2. The number of para-hydroxylation sites is 1. The first-order chi connectivity index (χ1) is 14.2. The maximum atomic E-state index is 12.9. The number of carbonyl (C=O) groups is 1. The summed E-state index contributed by atoms with van der Waals surface area (Å²) in [7, 11) is -2.33. The normalized spacial score (nSPS) is 13.4. The summed E-state index contributed by atoms with van der Waals surface area (Å²) in [6.45, 7) is 7.13. The van der Waals surface area contributed by atoms with Crippen molar-refractivity contribution < 1.29 is 22.7 Å². The number of sulfonamides is 1. The minimum absolute atomic E-state index is 0.187. The first-order valence-electron chi connectivity index (χ1n) is 9.93. The molecule has 2 aromatic carbocycles. The molecule has 30 heavy (non-hydrogen) atoms. The summed E-state index contributed by atoms with van der Waals surface area (Å²) >= 11 is 0. The lowest BCUT2D eigenvalue weighted by molar-refractivity contribution is -0.131. The van der Waals surface area contributed by atoms with E-state index >= 15 is 0 Å². The smallest absolute Gasteiger partial charge is 0.243 e. The van der Waals surface area contributed by atoms with Crippen molar-refractivity contribution in [2.75, 3.05) is 33.4 Å². The van der Waals surface area contributed by atoms with Gasteiger partial charge in [0.05, 0.1) is 11.4 Å². The van der Waals surface area contributed by atoms with E-state index in [1.165, 1.54) is 7.05 Å². The van der Waals surface area contributed by atoms with Gasteiger partial charge in [0.2, 0.25) is 15.9 Å². The molecule has 0 radical (unpaired) electrons. The molecular weight excluding hydrogens is 404 g/mol. The van der Waals surface area contributed by atoms with Crippen LogP contribution >= 0.6 is 0 Å². The average molecular weight is 433 g/mol. The second kappa shape index (κ2) is 9.06. The topological polar surface area (TPSA) is 76.2 Å². The maximum Gasteiger partial charge on any atom is 0.243 e. The van der Waals surface area contributed by atoms with Gasteiger partial charge in [-0.1, -0.05) is 18.2 Å². The predicted molar refractivity (Wildman–Crippen MR) is 114 cm³/mol. The van der Waals surface area contributed by atoms with E-state index in [2.05, 4.69) is 0 Å². The number of amides is 1. The molecule has 1 aliphatic heterocycles. The van der Waals surface area contributed by atoms with Gasteiger partial charge in [0, 0.05) is 25.7 Å². The number of aryl methyl sites for hydroxylation is 2. The molecule has 1 aliphatic rings. The number of likely N-dealkylation sites (N-methyl/N-ethyl adjacent to an activating group) is 2. The Morgan fingerprint density at radius 3 is 2.50 bits per heavy atom. The van der Waals surface area contributed by atoms with Gasteiger partial charge >= 0.3 is 0 Å². The van der Waals surface area contributed by atoms with Crippen LogP contribution in [0, 0.1) is 13.8 Å². The molecule has 1 heterocycles. The molecule has 0 saturated carbocycles. The van der Waals surface area contributed by atoms with E-state index in [9.17, 15) is 13.2 Å². The third-order valence-corrected chi connectivity index (χ3v) is 7.09. The van der Waals surface area contributed by atoms with Gasteiger partial charge in [0.1, 0.15) is 13.2 Å². The zero-order chi connectivity index (χ0) is 21.9. The molecule has 0 unspecified atom stereocenters. The lowest BCUT2D eigenvalue weighted by Crippen LogP contribution is -2.40. The Kier molecular flexibility index (Phi) is 6.67. The van der Waals surface area contributed by atoms with Crippen LogP contribution in [0.1, 0.15) is 23.6 Å². The van der Waals surface area contributed by atoms with Crippen LogP contribution < -0.4 is 9.47 Å². The van der Waals surface area contributed by atoms with Gasteiger partial charge in [0.15, 0.2) is 11.5 Å². The van der Waals surface area contributed by atoms with Crippen molar-refractivity contribution in [1.29, 1.82) is 0 Å². The van der Waals surface area contributed by atoms with E-state index in [4.69, 9.17) is 9.47 Å². The third kappa shape index (κ3) is 4.60. The molecule has 8 heteroatoms. The summed E-state index contributed by atoms with van der Waals surface area (Å²) in [5.41, 5.74) is 2.74. The van der Waals surface area contributed by atoms with Gasteiger partial charge in [-0.25, -0.2) is 8.42 Å². The number of carbonyl (C=O) groups excluding carboxylic acids is 1. The predicted octanol–water partition coefficient (Wildman–Crippen LogP) is 2.74. The van der Waals surface area contributed by atoms with Crippen LogP contribution in [0.25, 0.3) is 0 Å². The lowest BCUT2D eigenvalue weighted by atomic mass is 10.1. The second-order valence-electron chi connectivity index (χ2n) is 7.36. The molecule has 2 aromatic rings. The van der Waals surface area contributed by atoms with E-state index in [-0.39, 0.29) is 17.3 Å².